The van der Waals surface area contributed by atoms with Crippen LogP contribution in [-0.4, -0.2) is 24.1 Å². The zero-order valence-electron chi connectivity index (χ0n) is 9.94. The topological polar surface area (TPSA) is 12.0 Å². The average Bonchev–Trinajstić information content (AvgIpc) is 2.11. The smallest absolute Gasteiger partial charge is 0.0163 e. The van der Waals surface area contributed by atoms with Crippen LogP contribution in [0.1, 0.15) is 46.5 Å². The van der Waals surface area contributed by atoms with Gasteiger partial charge in [0.1, 0.15) is 0 Å². The normalized spacial score (nSPS) is 26.4. The molecule has 0 spiro atoms. The third-order valence-electron chi connectivity index (χ3n) is 2.82. The molecule has 1 N–H and O–H groups in total. The van der Waals surface area contributed by atoms with Gasteiger partial charge in [0.15, 0.2) is 0 Å². The molecular formula is C12H25NS. The highest BCUT2D eigenvalue weighted by Crippen LogP contribution is 2.33. The van der Waals surface area contributed by atoms with Crippen molar-refractivity contribution in [3.8, 4) is 0 Å². The molecule has 1 unspecified atom stereocenters. The second-order valence-electron chi connectivity index (χ2n) is 5.24. The molecule has 1 heterocycles. The molecule has 1 saturated heterocycles. The van der Waals surface area contributed by atoms with Crippen molar-refractivity contribution in [1.82, 2.24) is 5.32 Å². The molecule has 1 fully saturated rings. The summed E-state index contributed by atoms with van der Waals surface area (Å²) in [6.07, 6.45) is 5.40. The van der Waals surface area contributed by atoms with E-state index in [4.69, 9.17) is 0 Å². The van der Waals surface area contributed by atoms with Gasteiger partial charge in [-0.15, -0.1) is 0 Å². The summed E-state index contributed by atoms with van der Waals surface area (Å²) >= 11 is 2.11. The Hall–Kier alpha value is 0.310. The van der Waals surface area contributed by atoms with Gasteiger partial charge in [-0.25, -0.2) is 0 Å². The predicted octanol–water partition coefficient (Wildman–Crippen LogP) is 3.30. The Kier molecular flexibility index (Phi) is 5.32. The van der Waals surface area contributed by atoms with E-state index in [1.54, 1.807) is 0 Å². The Morgan fingerprint density at radius 2 is 2.14 bits per heavy atom. The van der Waals surface area contributed by atoms with E-state index in [1.807, 2.05) is 0 Å². The van der Waals surface area contributed by atoms with E-state index >= 15 is 0 Å². The monoisotopic (exact) mass is 215 g/mol. The van der Waals surface area contributed by atoms with Crippen LogP contribution in [0.5, 0.6) is 0 Å². The zero-order valence-corrected chi connectivity index (χ0v) is 10.8. The fourth-order valence-corrected chi connectivity index (χ4v) is 3.38. The average molecular weight is 215 g/mol. The van der Waals surface area contributed by atoms with Crippen molar-refractivity contribution in [3.63, 3.8) is 0 Å². The summed E-state index contributed by atoms with van der Waals surface area (Å²) in [5.41, 5.74) is 0.547. The SMILES string of the molecule is CCCCCNC1CSCC(C)(C)C1. The fourth-order valence-electron chi connectivity index (χ4n) is 2.07. The molecule has 1 nitrogen and oxygen atoms in total. The number of hydrogen-bond acceptors (Lipinski definition) is 2. The molecule has 0 amide bonds. The van der Waals surface area contributed by atoms with Gasteiger partial charge >= 0.3 is 0 Å². The van der Waals surface area contributed by atoms with E-state index in [-0.39, 0.29) is 0 Å². The lowest BCUT2D eigenvalue weighted by Gasteiger charge is -2.35. The lowest BCUT2D eigenvalue weighted by molar-refractivity contribution is 0.317. The van der Waals surface area contributed by atoms with E-state index in [0.29, 0.717) is 5.41 Å². The maximum Gasteiger partial charge on any atom is 0.0163 e. The van der Waals surface area contributed by atoms with Gasteiger partial charge in [-0.3, -0.25) is 0 Å². The van der Waals surface area contributed by atoms with Crippen LogP contribution in [0.2, 0.25) is 0 Å². The van der Waals surface area contributed by atoms with Crippen LogP contribution < -0.4 is 5.32 Å². The quantitative estimate of drug-likeness (QED) is 0.706. The molecule has 84 valence electrons. The molecule has 0 bridgehead atoms. The van der Waals surface area contributed by atoms with Crippen LogP contribution in [0.3, 0.4) is 0 Å². The third kappa shape index (κ3) is 4.70. The number of nitrogens with one attached hydrogen (secondary N) is 1. The summed E-state index contributed by atoms with van der Waals surface area (Å²) < 4.78 is 0. The molecule has 1 aliphatic rings. The minimum atomic E-state index is 0.547. The maximum atomic E-state index is 3.69. The molecule has 0 radical (unpaired) electrons. The van der Waals surface area contributed by atoms with Crippen molar-refractivity contribution in [2.45, 2.75) is 52.5 Å². The summed E-state index contributed by atoms with van der Waals surface area (Å²) in [6, 6.07) is 0.764. The summed E-state index contributed by atoms with van der Waals surface area (Å²) in [4.78, 5) is 0. The van der Waals surface area contributed by atoms with Gasteiger partial charge in [-0.05, 0) is 30.6 Å². The molecule has 0 aromatic carbocycles. The lowest BCUT2D eigenvalue weighted by Crippen LogP contribution is -2.40. The third-order valence-corrected chi connectivity index (χ3v) is 4.45. The minimum Gasteiger partial charge on any atom is -0.313 e. The Morgan fingerprint density at radius 3 is 2.79 bits per heavy atom. The van der Waals surface area contributed by atoms with Gasteiger partial charge in [-0.2, -0.15) is 11.8 Å². The number of hydrogen-bond donors (Lipinski definition) is 1. The van der Waals surface area contributed by atoms with Crippen molar-refractivity contribution >= 4 is 11.8 Å². The molecule has 1 aliphatic heterocycles. The van der Waals surface area contributed by atoms with E-state index < -0.39 is 0 Å². The Morgan fingerprint density at radius 1 is 1.36 bits per heavy atom. The standard InChI is InChI=1S/C12H25NS/c1-4-5-6-7-13-11-8-12(2,3)10-14-9-11/h11,13H,4-10H2,1-3H3. The van der Waals surface area contributed by atoms with Crippen LogP contribution in [-0.2, 0) is 0 Å². The largest absolute Gasteiger partial charge is 0.313 e. The molecule has 2 heteroatoms. The van der Waals surface area contributed by atoms with Gasteiger partial charge in [0.25, 0.3) is 0 Å². The summed E-state index contributed by atoms with van der Waals surface area (Å²) in [6.45, 7) is 8.26. The second-order valence-corrected chi connectivity index (χ2v) is 6.27. The van der Waals surface area contributed by atoms with Gasteiger partial charge in [-0.1, -0.05) is 33.6 Å². The van der Waals surface area contributed by atoms with Crippen LogP contribution in [0.15, 0.2) is 0 Å². The highest BCUT2D eigenvalue weighted by Gasteiger charge is 2.27. The first-order chi connectivity index (χ1) is 6.64. The first-order valence-corrected chi connectivity index (χ1v) is 7.10. The summed E-state index contributed by atoms with van der Waals surface area (Å²) in [7, 11) is 0. The minimum absolute atomic E-state index is 0.547. The van der Waals surface area contributed by atoms with Crippen molar-refractivity contribution in [2.75, 3.05) is 18.1 Å². The molecule has 1 rings (SSSR count). The van der Waals surface area contributed by atoms with Gasteiger partial charge in [0, 0.05) is 11.8 Å². The molecule has 0 aliphatic carbocycles. The first-order valence-electron chi connectivity index (χ1n) is 5.95. The van der Waals surface area contributed by atoms with Crippen LogP contribution in [0, 0.1) is 5.41 Å². The van der Waals surface area contributed by atoms with Crippen molar-refractivity contribution in [2.24, 2.45) is 5.41 Å². The van der Waals surface area contributed by atoms with Gasteiger partial charge in [0.05, 0.1) is 0 Å². The fraction of sp³-hybridized carbons (Fsp3) is 1.00. The van der Waals surface area contributed by atoms with Gasteiger partial charge in [0.2, 0.25) is 0 Å². The van der Waals surface area contributed by atoms with Crippen molar-refractivity contribution in [1.29, 1.82) is 0 Å². The van der Waals surface area contributed by atoms with Crippen LogP contribution >= 0.6 is 11.8 Å². The second kappa shape index (κ2) is 6.02. The van der Waals surface area contributed by atoms with Crippen molar-refractivity contribution < 1.29 is 0 Å². The highest BCUT2D eigenvalue weighted by molar-refractivity contribution is 7.99. The first kappa shape index (κ1) is 12.4. The Labute approximate surface area is 93.4 Å². The Bertz CT molecular complexity index is 156. The molecule has 0 aromatic heterocycles. The van der Waals surface area contributed by atoms with E-state index in [1.165, 1.54) is 43.7 Å². The molecule has 14 heavy (non-hydrogen) atoms. The van der Waals surface area contributed by atoms with E-state index in [2.05, 4.69) is 37.8 Å². The number of unbranched alkanes of at least 4 members (excludes halogenated alkanes) is 2. The van der Waals surface area contributed by atoms with E-state index in [0.717, 1.165) is 6.04 Å². The number of rotatable bonds is 5. The van der Waals surface area contributed by atoms with E-state index in [9.17, 15) is 0 Å². The molecule has 1 atom stereocenters. The maximum absolute atomic E-state index is 3.69. The lowest BCUT2D eigenvalue weighted by atomic mass is 9.88. The summed E-state index contributed by atoms with van der Waals surface area (Å²) in [5.74, 6) is 2.65. The predicted molar refractivity (Wildman–Crippen MR) is 67.0 cm³/mol. The Balaban J connectivity index is 2.12. The van der Waals surface area contributed by atoms with Crippen LogP contribution in [0.4, 0.5) is 0 Å². The zero-order chi connectivity index (χ0) is 10.4. The molecule has 0 aromatic rings. The van der Waals surface area contributed by atoms with Crippen molar-refractivity contribution in [3.05, 3.63) is 0 Å². The van der Waals surface area contributed by atoms with Gasteiger partial charge < -0.3 is 5.32 Å². The molecular weight excluding hydrogens is 190 g/mol. The van der Waals surface area contributed by atoms with Crippen LogP contribution in [0.25, 0.3) is 0 Å². The highest BCUT2D eigenvalue weighted by atomic mass is 32.2. The summed E-state index contributed by atoms with van der Waals surface area (Å²) in [5, 5.41) is 3.69. The number of thioether (sulfide) groups is 1. The molecule has 0 saturated carbocycles.